The minimum atomic E-state index is -4.41. The number of rotatable bonds is 5. The predicted octanol–water partition coefficient (Wildman–Crippen LogP) is 2.23. The summed E-state index contributed by atoms with van der Waals surface area (Å²) in [4.78, 5) is 15.1. The number of hydrogen-bond donors (Lipinski definition) is 0. The molecule has 1 aromatic heterocycles. The molecule has 0 aliphatic rings. The fourth-order valence-corrected chi connectivity index (χ4v) is 1.35. The molecule has 8 heteroatoms. The van der Waals surface area contributed by atoms with Crippen LogP contribution >= 0.6 is 0 Å². The van der Waals surface area contributed by atoms with Gasteiger partial charge < -0.3 is 9.26 Å². The van der Waals surface area contributed by atoms with Crippen molar-refractivity contribution in [3.8, 4) is 0 Å². The van der Waals surface area contributed by atoms with Crippen LogP contribution in [-0.2, 0) is 16.0 Å². The molecule has 0 spiro atoms. The minimum absolute atomic E-state index is 0.143. The van der Waals surface area contributed by atoms with Crippen molar-refractivity contribution in [2.24, 2.45) is 0 Å². The van der Waals surface area contributed by atoms with Crippen LogP contribution in [0, 0.1) is 0 Å². The molecule has 5 nitrogen and oxygen atoms in total. The third kappa shape index (κ3) is 4.01. The molecule has 0 saturated carbocycles. The lowest BCUT2D eigenvalue weighted by molar-refractivity contribution is -0.145. The van der Waals surface area contributed by atoms with Gasteiger partial charge in [0.05, 0.1) is 6.61 Å². The number of hydrogen-bond acceptors (Lipinski definition) is 5. The molecule has 0 N–H and O–H groups in total. The second kappa shape index (κ2) is 5.83. The van der Waals surface area contributed by atoms with E-state index in [0.717, 1.165) is 0 Å². The molecule has 1 aromatic rings. The summed E-state index contributed by atoms with van der Waals surface area (Å²) in [7, 11) is 0. The first-order valence-corrected chi connectivity index (χ1v) is 5.43. The van der Waals surface area contributed by atoms with E-state index in [1.54, 1.807) is 13.8 Å². The van der Waals surface area contributed by atoms with Crippen LogP contribution in [0.2, 0.25) is 0 Å². The molecule has 0 saturated heterocycles. The van der Waals surface area contributed by atoms with Gasteiger partial charge in [0.15, 0.2) is 5.82 Å². The summed E-state index contributed by atoms with van der Waals surface area (Å²) in [5, 5.41) is 3.20. The number of halogens is 3. The van der Waals surface area contributed by atoms with Gasteiger partial charge in [0.1, 0.15) is 12.3 Å². The Morgan fingerprint density at radius 3 is 2.61 bits per heavy atom. The average molecular weight is 266 g/mol. The zero-order valence-electron chi connectivity index (χ0n) is 9.95. The third-order valence-electron chi connectivity index (χ3n) is 2.12. The SMILES string of the molecule is CCOC(=O)C(CC)c1nc(CC(F)(F)F)no1. The fourth-order valence-electron chi connectivity index (χ4n) is 1.35. The second-order valence-electron chi connectivity index (χ2n) is 3.55. The number of aromatic nitrogens is 2. The van der Waals surface area contributed by atoms with E-state index in [0.29, 0.717) is 6.42 Å². The van der Waals surface area contributed by atoms with Gasteiger partial charge in [-0.15, -0.1) is 0 Å². The molecule has 1 atom stereocenters. The zero-order chi connectivity index (χ0) is 13.8. The van der Waals surface area contributed by atoms with Crippen molar-refractivity contribution in [1.82, 2.24) is 10.1 Å². The van der Waals surface area contributed by atoms with Crippen LogP contribution in [0.1, 0.15) is 37.9 Å². The molecular weight excluding hydrogens is 253 g/mol. The highest BCUT2D eigenvalue weighted by Crippen LogP contribution is 2.23. The first-order chi connectivity index (χ1) is 8.37. The summed E-state index contributed by atoms with van der Waals surface area (Å²) in [6.45, 7) is 3.49. The lowest BCUT2D eigenvalue weighted by atomic mass is 10.1. The Morgan fingerprint density at radius 2 is 2.11 bits per heavy atom. The molecule has 0 bridgehead atoms. The number of nitrogens with zero attached hydrogens (tertiary/aromatic N) is 2. The Labute approximate surface area is 101 Å². The van der Waals surface area contributed by atoms with Gasteiger partial charge in [-0.05, 0) is 13.3 Å². The second-order valence-corrected chi connectivity index (χ2v) is 3.55. The minimum Gasteiger partial charge on any atom is -0.465 e. The van der Waals surface area contributed by atoms with Gasteiger partial charge in [0.25, 0.3) is 0 Å². The van der Waals surface area contributed by atoms with Crippen molar-refractivity contribution in [2.45, 2.75) is 38.8 Å². The zero-order valence-corrected chi connectivity index (χ0v) is 9.95. The number of esters is 1. The van der Waals surface area contributed by atoms with E-state index in [9.17, 15) is 18.0 Å². The van der Waals surface area contributed by atoms with Crippen LogP contribution in [0.3, 0.4) is 0 Å². The Hall–Kier alpha value is -1.60. The van der Waals surface area contributed by atoms with Gasteiger partial charge in [-0.3, -0.25) is 4.79 Å². The van der Waals surface area contributed by atoms with Gasteiger partial charge in [-0.25, -0.2) is 0 Å². The van der Waals surface area contributed by atoms with Crippen molar-refractivity contribution in [3.05, 3.63) is 11.7 Å². The predicted molar refractivity (Wildman–Crippen MR) is 53.7 cm³/mol. The summed E-state index contributed by atoms with van der Waals surface area (Å²) >= 11 is 0. The molecule has 0 aliphatic heterocycles. The van der Waals surface area contributed by atoms with Crippen LogP contribution in [0.15, 0.2) is 4.52 Å². The molecule has 0 aromatic carbocycles. The molecule has 0 aliphatic carbocycles. The Morgan fingerprint density at radius 1 is 1.44 bits per heavy atom. The maximum Gasteiger partial charge on any atom is 0.396 e. The van der Waals surface area contributed by atoms with Crippen molar-refractivity contribution in [2.75, 3.05) is 6.61 Å². The molecule has 1 rings (SSSR count). The summed E-state index contributed by atoms with van der Waals surface area (Å²) in [6.07, 6.45) is -5.38. The normalized spacial score (nSPS) is 13.4. The van der Waals surface area contributed by atoms with E-state index >= 15 is 0 Å². The van der Waals surface area contributed by atoms with Crippen LogP contribution in [-0.4, -0.2) is 28.9 Å². The summed E-state index contributed by atoms with van der Waals surface area (Å²) in [6, 6.07) is 0. The van der Waals surface area contributed by atoms with Crippen molar-refractivity contribution in [1.29, 1.82) is 0 Å². The summed E-state index contributed by atoms with van der Waals surface area (Å²) < 4.78 is 45.7. The Balaban J connectivity index is 2.79. The number of carbonyl (C=O) groups excluding carboxylic acids is 1. The fraction of sp³-hybridized carbons (Fsp3) is 0.700. The lowest BCUT2D eigenvalue weighted by Crippen LogP contribution is -2.16. The maximum atomic E-state index is 12.1. The van der Waals surface area contributed by atoms with E-state index in [2.05, 4.69) is 14.7 Å². The molecule has 1 heterocycles. The van der Waals surface area contributed by atoms with Crippen LogP contribution < -0.4 is 0 Å². The first-order valence-electron chi connectivity index (χ1n) is 5.43. The number of ether oxygens (including phenoxy) is 1. The Bertz CT molecular complexity index is 403. The van der Waals surface area contributed by atoms with Crippen LogP contribution in [0.4, 0.5) is 13.2 Å². The standard InChI is InChI=1S/C10H13F3N2O3/c1-3-6(9(16)17-4-2)8-14-7(15-18-8)5-10(11,12)13/h6H,3-5H2,1-2H3. The van der Waals surface area contributed by atoms with Gasteiger partial charge in [0.2, 0.25) is 5.89 Å². The Kier molecular flexibility index (Phi) is 4.69. The lowest BCUT2D eigenvalue weighted by Gasteiger charge is -2.08. The first kappa shape index (κ1) is 14.5. The smallest absolute Gasteiger partial charge is 0.396 e. The topological polar surface area (TPSA) is 65.2 Å². The molecule has 18 heavy (non-hydrogen) atoms. The van der Waals surface area contributed by atoms with E-state index in [1.807, 2.05) is 0 Å². The summed E-state index contributed by atoms with van der Waals surface area (Å²) in [5.74, 6) is -2.03. The van der Waals surface area contributed by atoms with Gasteiger partial charge in [-0.2, -0.15) is 18.2 Å². The largest absolute Gasteiger partial charge is 0.465 e. The molecule has 0 fully saturated rings. The van der Waals surface area contributed by atoms with Gasteiger partial charge in [0, 0.05) is 0 Å². The average Bonchev–Trinajstić information content (AvgIpc) is 2.65. The summed E-state index contributed by atoms with van der Waals surface area (Å²) in [5.41, 5.74) is 0. The molecule has 1 unspecified atom stereocenters. The molecule has 0 radical (unpaired) electrons. The monoisotopic (exact) mass is 266 g/mol. The third-order valence-corrected chi connectivity index (χ3v) is 2.12. The van der Waals surface area contributed by atoms with Gasteiger partial charge in [-0.1, -0.05) is 12.1 Å². The van der Waals surface area contributed by atoms with Crippen molar-refractivity contribution < 1.29 is 27.2 Å². The van der Waals surface area contributed by atoms with E-state index < -0.39 is 30.3 Å². The van der Waals surface area contributed by atoms with E-state index in [4.69, 9.17) is 4.74 Å². The highest BCUT2D eigenvalue weighted by Gasteiger charge is 2.32. The van der Waals surface area contributed by atoms with Crippen molar-refractivity contribution in [3.63, 3.8) is 0 Å². The molecular formula is C10H13F3N2O3. The highest BCUT2D eigenvalue weighted by atomic mass is 19.4. The quantitative estimate of drug-likeness (QED) is 0.764. The highest BCUT2D eigenvalue weighted by molar-refractivity contribution is 5.76. The van der Waals surface area contributed by atoms with E-state index in [1.165, 1.54) is 0 Å². The number of carbonyl (C=O) groups is 1. The van der Waals surface area contributed by atoms with Gasteiger partial charge >= 0.3 is 12.1 Å². The van der Waals surface area contributed by atoms with Crippen LogP contribution in [0.25, 0.3) is 0 Å². The number of alkyl halides is 3. The molecule has 0 amide bonds. The molecule has 102 valence electrons. The van der Waals surface area contributed by atoms with E-state index in [-0.39, 0.29) is 12.5 Å². The van der Waals surface area contributed by atoms with Crippen LogP contribution in [0.5, 0.6) is 0 Å². The maximum absolute atomic E-state index is 12.1. The van der Waals surface area contributed by atoms with Crippen molar-refractivity contribution >= 4 is 5.97 Å².